The fourth-order valence-corrected chi connectivity index (χ4v) is 2.86. The molecular formula is C23H25F3N4O2. The average Bonchev–Trinajstić information content (AvgIpc) is 2.78. The first-order valence-electron chi connectivity index (χ1n) is 10.2. The van der Waals surface area contributed by atoms with Gasteiger partial charge in [0, 0.05) is 17.6 Å². The zero-order valence-corrected chi connectivity index (χ0v) is 17.9. The van der Waals surface area contributed by atoms with Gasteiger partial charge in [0.2, 0.25) is 5.95 Å². The summed E-state index contributed by atoms with van der Waals surface area (Å²) in [6, 6.07) is 13.6. The number of nitrogens with one attached hydrogen (secondary N) is 2. The minimum absolute atomic E-state index is 0.0330. The molecule has 3 aromatic rings. The van der Waals surface area contributed by atoms with E-state index in [9.17, 15) is 13.2 Å². The van der Waals surface area contributed by atoms with Gasteiger partial charge in [0.15, 0.2) is 0 Å². The summed E-state index contributed by atoms with van der Waals surface area (Å²) in [4.78, 5) is 7.88. The fourth-order valence-electron chi connectivity index (χ4n) is 2.86. The number of methoxy groups -OCH3 is 1. The second kappa shape index (κ2) is 10.7. The molecule has 0 amide bonds. The van der Waals surface area contributed by atoms with Crippen LogP contribution >= 0.6 is 0 Å². The number of ether oxygens (including phenoxy) is 2. The highest BCUT2D eigenvalue weighted by Gasteiger charge is 2.35. The molecule has 0 saturated carbocycles. The van der Waals surface area contributed by atoms with Gasteiger partial charge in [-0.2, -0.15) is 18.2 Å². The Hall–Kier alpha value is -3.49. The van der Waals surface area contributed by atoms with Crippen LogP contribution in [0.25, 0.3) is 0 Å². The van der Waals surface area contributed by atoms with E-state index in [0.29, 0.717) is 23.7 Å². The van der Waals surface area contributed by atoms with Gasteiger partial charge < -0.3 is 20.1 Å². The third-order valence-electron chi connectivity index (χ3n) is 4.57. The smallest absolute Gasteiger partial charge is 0.421 e. The van der Waals surface area contributed by atoms with Crippen LogP contribution in [0, 0.1) is 0 Å². The third kappa shape index (κ3) is 6.50. The molecule has 0 unspecified atom stereocenters. The van der Waals surface area contributed by atoms with E-state index in [0.717, 1.165) is 31.2 Å². The molecule has 0 fully saturated rings. The Morgan fingerprint density at radius 1 is 0.875 bits per heavy atom. The summed E-state index contributed by atoms with van der Waals surface area (Å²) in [5.74, 6) is 0.998. The summed E-state index contributed by atoms with van der Waals surface area (Å²) < 4.78 is 51.1. The first kappa shape index (κ1) is 23.2. The van der Waals surface area contributed by atoms with Crippen molar-refractivity contribution in [1.82, 2.24) is 9.97 Å². The first-order chi connectivity index (χ1) is 15.4. The van der Waals surface area contributed by atoms with E-state index < -0.39 is 11.7 Å². The maximum atomic E-state index is 13.4. The van der Waals surface area contributed by atoms with E-state index in [1.54, 1.807) is 48.5 Å². The Morgan fingerprint density at radius 3 is 2.09 bits per heavy atom. The standard InChI is InChI=1S/C23H25F3N4O2/c1-3-4-5-14-32-19-12-8-17(9-13-19)29-22-27-15-20(23(24,25)26)21(30-22)28-16-6-10-18(31-2)11-7-16/h6-13,15H,3-5,14H2,1-2H3,(H2,27,28,29,30). The Balaban J connectivity index is 1.74. The minimum Gasteiger partial charge on any atom is -0.497 e. The Kier molecular flexibility index (Phi) is 7.75. The van der Waals surface area contributed by atoms with Crippen LogP contribution in [0.4, 0.5) is 36.3 Å². The topological polar surface area (TPSA) is 68.3 Å². The molecule has 32 heavy (non-hydrogen) atoms. The van der Waals surface area contributed by atoms with Crippen molar-refractivity contribution in [1.29, 1.82) is 0 Å². The Bertz CT molecular complexity index is 994. The highest BCUT2D eigenvalue weighted by Crippen LogP contribution is 2.35. The predicted molar refractivity (Wildman–Crippen MR) is 118 cm³/mol. The number of anilines is 4. The molecule has 0 spiro atoms. The maximum absolute atomic E-state index is 13.4. The van der Waals surface area contributed by atoms with Crippen molar-refractivity contribution in [3.63, 3.8) is 0 Å². The third-order valence-corrected chi connectivity index (χ3v) is 4.57. The van der Waals surface area contributed by atoms with Gasteiger partial charge in [-0.3, -0.25) is 0 Å². The fraction of sp³-hybridized carbons (Fsp3) is 0.304. The van der Waals surface area contributed by atoms with E-state index in [4.69, 9.17) is 9.47 Å². The summed E-state index contributed by atoms with van der Waals surface area (Å²) in [5, 5.41) is 5.64. The number of hydrogen-bond acceptors (Lipinski definition) is 6. The molecule has 1 heterocycles. The summed E-state index contributed by atoms with van der Waals surface area (Å²) >= 11 is 0. The first-order valence-corrected chi connectivity index (χ1v) is 10.2. The molecule has 6 nitrogen and oxygen atoms in total. The molecular weight excluding hydrogens is 421 g/mol. The van der Waals surface area contributed by atoms with Crippen LogP contribution in [0.15, 0.2) is 54.7 Å². The van der Waals surface area contributed by atoms with Crippen LogP contribution < -0.4 is 20.1 Å². The van der Waals surface area contributed by atoms with Crippen molar-refractivity contribution in [2.45, 2.75) is 32.4 Å². The molecule has 0 saturated heterocycles. The summed E-state index contributed by atoms with van der Waals surface area (Å²) in [5.41, 5.74) is 0.0984. The van der Waals surface area contributed by atoms with Crippen molar-refractivity contribution in [2.24, 2.45) is 0 Å². The quantitative estimate of drug-likeness (QED) is 0.344. The van der Waals surface area contributed by atoms with Gasteiger partial charge in [-0.1, -0.05) is 19.8 Å². The molecule has 0 radical (unpaired) electrons. The summed E-state index contributed by atoms with van der Waals surface area (Å²) in [7, 11) is 1.51. The Labute approximate surface area is 184 Å². The van der Waals surface area contributed by atoms with Crippen molar-refractivity contribution in [3.8, 4) is 11.5 Å². The molecule has 0 aliphatic heterocycles. The second-order valence-electron chi connectivity index (χ2n) is 7.01. The van der Waals surface area contributed by atoms with Gasteiger partial charge in [-0.05, 0) is 55.0 Å². The van der Waals surface area contributed by atoms with Crippen LogP contribution in [0.2, 0.25) is 0 Å². The number of hydrogen-bond donors (Lipinski definition) is 2. The normalized spacial score (nSPS) is 11.2. The predicted octanol–water partition coefficient (Wildman–Crippen LogP) is 6.56. The molecule has 0 aliphatic rings. The van der Waals surface area contributed by atoms with Crippen molar-refractivity contribution in [2.75, 3.05) is 24.4 Å². The van der Waals surface area contributed by atoms with Gasteiger partial charge in [0.05, 0.1) is 13.7 Å². The van der Waals surface area contributed by atoms with Gasteiger partial charge in [-0.15, -0.1) is 0 Å². The minimum atomic E-state index is -4.61. The number of nitrogens with zero attached hydrogens (tertiary/aromatic N) is 2. The highest BCUT2D eigenvalue weighted by molar-refractivity contribution is 5.63. The molecule has 2 aromatic carbocycles. The van der Waals surface area contributed by atoms with E-state index in [2.05, 4.69) is 27.5 Å². The van der Waals surface area contributed by atoms with Gasteiger partial charge >= 0.3 is 6.18 Å². The maximum Gasteiger partial charge on any atom is 0.421 e. The van der Waals surface area contributed by atoms with Crippen molar-refractivity contribution < 1.29 is 22.6 Å². The van der Waals surface area contributed by atoms with E-state index >= 15 is 0 Å². The van der Waals surface area contributed by atoms with Crippen LogP contribution in [-0.4, -0.2) is 23.7 Å². The zero-order chi connectivity index (χ0) is 23.0. The van der Waals surface area contributed by atoms with Crippen molar-refractivity contribution in [3.05, 3.63) is 60.3 Å². The number of benzene rings is 2. The van der Waals surface area contributed by atoms with Gasteiger partial charge in [-0.25, -0.2) is 4.98 Å². The van der Waals surface area contributed by atoms with Gasteiger partial charge in [0.25, 0.3) is 0 Å². The van der Waals surface area contributed by atoms with Crippen LogP contribution in [0.3, 0.4) is 0 Å². The molecule has 0 bridgehead atoms. The lowest BCUT2D eigenvalue weighted by molar-refractivity contribution is -0.137. The number of rotatable bonds is 10. The SMILES string of the molecule is CCCCCOc1ccc(Nc2ncc(C(F)(F)F)c(Nc3ccc(OC)cc3)n2)cc1. The second-order valence-corrected chi connectivity index (χ2v) is 7.01. The van der Waals surface area contributed by atoms with Crippen LogP contribution in [0.5, 0.6) is 11.5 Å². The number of halogens is 3. The van der Waals surface area contributed by atoms with E-state index in [1.165, 1.54) is 7.11 Å². The molecule has 3 rings (SSSR count). The lowest BCUT2D eigenvalue weighted by Gasteiger charge is -2.15. The Morgan fingerprint density at radius 2 is 1.50 bits per heavy atom. The summed E-state index contributed by atoms with van der Waals surface area (Å²) in [6.07, 6.45) is -0.636. The average molecular weight is 446 g/mol. The van der Waals surface area contributed by atoms with Gasteiger partial charge in [0.1, 0.15) is 22.9 Å². The summed E-state index contributed by atoms with van der Waals surface area (Å²) in [6.45, 7) is 2.77. The molecule has 1 aromatic heterocycles. The molecule has 0 atom stereocenters. The number of alkyl halides is 3. The molecule has 0 aliphatic carbocycles. The van der Waals surface area contributed by atoms with E-state index in [-0.39, 0.29) is 11.8 Å². The molecule has 170 valence electrons. The van der Waals surface area contributed by atoms with E-state index in [1.807, 2.05) is 0 Å². The lowest BCUT2D eigenvalue weighted by atomic mass is 10.2. The molecule has 9 heteroatoms. The number of aromatic nitrogens is 2. The van der Waals surface area contributed by atoms with Crippen molar-refractivity contribution >= 4 is 23.1 Å². The highest BCUT2D eigenvalue weighted by atomic mass is 19.4. The zero-order valence-electron chi connectivity index (χ0n) is 17.9. The van der Waals surface area contributed by atoms with Crippen LogP contribution in [-0.2, 0) is 6.18 Å². The monoisotopic (exact) mass is 446 g/mol. The largest absolute Gasteiger partial charge is 0.497 e. The number of unbranched alkanes of at least 4 members (excludes halogenated alkanes) is 2. The van der Waals surface area contributed by atoms with Crippen LogP contribution in [0.1, 0.15) is 31.7 Å². The lowest BCUT2D eigenvalue weighted by Crippen LogP contribution is -2.12. The molecule has 2 N–H and O–H groups in total.